The van der Waals surface area contributed by atoms with Crippen LogP contribution in [0.15, 0.2) is 0 Å². The first-order valence-corrected chi connectivity index (χ1v) is 8.11. The molecule has 0 bridgehead atoms. The van der Waals surface area contributed by atoms with Gasteiger partial charge in [-0.1, -0.05) is 0 Å². The molecular weight excluding hydrogens is 320 g/mol. The third-order valence-electron chi connectivity index (χ3n) is 2.14. The molecule has 0 fully saturated rings. The lowest BCUT2D eigenvalue weighted by Crippen LogP contribution is -2.17. The Morgan fingerprint density at radius 3 is 1.48 bits per heavy atom. The van der Waals surface area contributed by atoms with Gasteiger partial charge in [-0.2, -0.15) is 25.3 Å². The molecule has 2 unspecified atom stereocenters. The molecule has 0 aliphatic rings. The van der Waals surface area contributed by atoms with Gasteiger partial charge < -0.3 is 14.9 Å². The van der Waals surface area contributed by atoms with Crippen molar-refractivity contribution in [2.45, 2.75) is 25.0 Å². The van der Waals surface area contributed by atoms with Gasteiger partial charge in [0.1, 0.15) is 13.2 Å². The van der Waals surface area contributed by atoms with E-state index in [2.05, 4.69) is 25.3 Å². The molecule has 128 valence electrons. The molecule has 9 heteroatoms. The van der Waals surface area contributed by atoms with Crippen LogP contribution in [-0.4, -0.2) is 73.6 Å². The lowest BCUT2D eigenvalue weighted by atomic mass is 10.4. The van der Waals surface area contributed by atoms with Crippen molar-refractivity contribution in [3.05, 3.63) is 0 Å². The van der Waals surface area contributed by atoms with Crippen molar-refractivity contribution in [1.29, 1.82) is 0 Å². The third-order valence-corrected chi connectivity index (χ3v) is 2.98. The topological polar surface area (TPSA) is 86.6 Å². The number of thiol groups is 2. The summed E-state index contributed by atoms with van der Waals surface area (Å²) in [4.78, 5) is 19.2. The maximum absolute atomic E-state index is 9.12. The number of hydrogen-bond acceptors (Lipinski definition) is 9. The van der Waals surface area contributed by atoms with Crippen molar-refractivity contribution in [2.75, 3.05) is 51.1 Å². The van der Waals surface area contributed by atoms with Gasteiger partial charge in [0.15, 0.2) is 0 Å². The van der Waals surface area contributed by atoms with E-state index in [0.29, 0.717) is 50.8 Å². The zero-order valence-corrected chi connectivity index (χ0v) is 13.8. The van der Waals surface area contributed by atoms with Crippen LogP contribution in [0.3, 0.4) is 0 Å². The van der Waals surface area contributed by atoms with E-state index in [4.69, 9.17) is 34.5 Å². The lowest BCUT2D eigenvalue weighted by Gasteiger charge is -2.08. The molecule has 0 saturated heterocycles. The Balaban J connectivity index is 3.03. The molecular formula is C12H26O7S2. The summed E-state index contributed by atoms with van der Waals surface area (Å²) in [5.41, 5.74) is 0. The van der Waals surface area contributed by atoms with Crippen LogP contribution < -0.4 is 0 Å². The Bertz CT molecular complexity index is 192. The van der Waals surface area contributed by atoms with Crippen molar-refractivity contribution < 1.29 is 34.5 Å². The first-order chi connectivity index (χ1) is 10.2. The Hall–Kier alpha value is 0.420. The molecule has 0 heterocycles. The molecule has 0 spiro atoms. The van der Waals surface area contributed by atoms with E-state index in [0.717, 1.165) is 0 Å². The second-order valence-corrected chi connectivity index (χ2v) is 4.94. The largest absolute Gasteiger partial charge is 0.390 e. The van der Waals surface area contributed by atoms with Gasteiger partial charge in [0, 0.05) is 24.7 Å². The van der Waals surface area contributed by atoms with Crippen molar-refractivity contribution in [2.24, 2.45) is 0 Å². The second kappa shape index (κ2) is 16.8. The minimum atomic E-state index is -0.610. The highest BCUT2D eigenvalue weighted by Crippen LogP contribution is 1.94. The summed E-state index contributed by atoms with van der Waals surface area (Å²) in [6.45, 7) is 2.14. The summed E-state index contributed by atoms with van der Waals surface area (Å²) >= 11 is 7.80. The summed E-state index contributed by atoms with van der Waals surface area (Å²) in [5, 5.41) is 18.2. The van der Waals surface area contributed by atoms with Gasteiger partial charge in [-0.3, -0.25) is 0 Å². The van der Waals surface area contributed by atoms with Gasteiger partial charge in [-0.15, -0.1) is 0 Å². The zero-order valence-electron chi connectivity index (χ0n) is 12.1. The average molecular weight is 346 g/mol. The molecule has 0 amide bonds. The van der Waals surface area contributed by atoms with Crippen LogP contribution in [0.25, 0.3) is 0 Å². The predicted octanol–water partition coefficient (Wildman–Crippen LogP) is 0.261. The minimum absolute atomic E-state index is 0.115. The number of rotatable bonds is 16. The highest BCUT2D eigenvalue weighted by molar-refractivity contribution is 7.80. The van der Waals surface area contributed by atoms with Gasteiger partial charge in [0.05, 0.1) is 25.4 Å². The molecule has 0 aromatic carbocycles. The summed E-state index contributed by atoms with van der Waals surface area (Å²) in [7, 11) is 0. The molecule has 2 atom stereocenters. The van der Waals surface area contributed by atoms with Crippen LogP contribution in [0.4, 0.5) is 0 Å². The highest BCUT2D eigenvalue weighted by atomic mass is 32.1. The normalized spacial score (nSPS) is 14.3. The Labute approximate surface area is 136 Å². The standard InChI is InChI=1S/C12H26O7S2/c13-11(9-20)7-18-16-5-1-3-15-4-2-6-17-19-8-12(14)10-21/h11-14,20-21H,1-10H2. The van der Waals surface area contributed by atoms with E-state index in [1.807, 2.05) is 0 Å². The van der Waals surface area contributed by atoms with E-state index >= 15 is 0 Å². The van der Waals surface area contributed by atoms with Crippen molar-refractivity contribution in [3.8, 4) is 0 Å². The fraction of sp³-hybridized carbons (Fsp3) is 1.00. The van der Waals surface area contributed by atoms with Gasteiger partial charge in [-0.05, 0) is 12.8 Å². The van der Waals surface area contributed by atoms with Crippen LogP contribution in [0.5, 0.6) is 0 Å². The quantitative estimate of drug-likeness (QED) is 0.138. The molecule has 0 rings (SSSR count). The SMILES string of the molecule is OC(CS)COOCCCOCCCOOCC(O)CS. The summed E-state index contributed by atoms with van der Waals surface area (Å²) < 4.78 is 5.34. The van der Waals surface area contributed by atoms with Crippen LogP contribution >= 0.6 is 25.3 Å². The Morgan fingerprint density at radius 2 is 1.10 bits per heavy atom. The number of aliphatic hydroxyl groups excluding tert-OH is 2. The van der Waals surface area contributed by atoms with Crippen molar-refractivity contribution in [3.63, 3.8) is 0 Å². The molecule has 0 aromatic rings. The summed E-state index contributed by atoms with van der Waals surface area (Å²) in [5.74, 6) is 0.678. The number of aliphatic hydroxyl groups is 2. The first kappa shape index (κ1) is 21.4. The lowest BCUT2D eigenvalue weighted by molar-refractivity contribution is -0.306. The van der Waals surface area contributed by atoms with Crippen molar-refractivity contribution in [1.82, 2.24) is 0 Å². The highest BCUT2D eigenvalue weighted by Gasteiger charge is 2.02. The zero-order chi connectivity index (χ0) is 15.8. The maximum atomic E-state index is 9.12. The molecule has 0 saturated carbocycles. The van der Waals surface area contributed by atoms with E-state index in [-0.39, 0.29) is 13.2 Å². The van der Waals surface area contributed by atoms with E-state index in [9.17, 15) is 0 Å². The smallest absolute Gasteiger partial charge is 0.109 e. The molecule has 0 aliphatic heterocycles. The first-order valence-electron chi connectivity index (χ1n) is 6.85. The molecule has 0 radical (unpaired) electrons. The van der Waals surface area contributed by atoms with Gasteiger partial charge in [-0.25, -0.2) is 19.6 Å². The van der Waals surface area contributed by atoms with Crippen LogP contribution in [-0.2, 0) is 24.3 Å². The van der Waals surface area contributed by atoms with Crippen LogP contribution in [0.2, 0.25) is 0 Å². The third kappa shape index (κ3) is 16.6. The number of ether oxygens (including phenoxy) is 1. The molecule has 0 aromatic heterocycles. The van der Waals surface area contributed by atoms with E-state index < -0.39 is 12.2 Å². The van der Waals surface area contributed by atoms with Crippen LogP contribution in [0, 0.1) is 0 Å². The average Bonchev–Trinajstić information content (AvgIpc) is 2.51. The summed E-state index contributed by atoms with van der Waals surface area (Å²) in [6, 6.07) is 0. The number of hydrogen-bond donors (Lipinski definition) is 4. The van der Waals surface area contributed by atoms with Crippen LogP contribution in [0.1, 0.15) is 12.8 Å². The van der Waals surface area contributed by atoms with E-state index in [1.165, 1.54) is 0 Å². The molecule has 0 aliphatic carbocycles. The predicted molar refractivity (Wildman–Crippen MR) is 83.6 cm³/mol. The van der Waals surface area contributed by atoms with Gasteiger partial charge in [0.25, 0.3) is 0 Å². The summed E-state index contributed by atoms with van der Waals surface area (Å²) in [6.07, 6.45) is 0.173. The fourth-order valence-electron chi connectivity index (χ4n) is 1.02. The molecule has 2 N–H and O–H groups in total. The van der Waals surface area contributed by atoms with Gasteiger partial charge >= 0.3 is 0 Å². The van der Waals surface area contributed by atoms with E-state index in [1.54, 1.807) is 0 Å². The van der Waals surface area contributed by atoms with Gasteiger partial charge in [0.2, 0.25) is 0 Å². The second-order valence-electron chi connectivity index (χ2n) is 4.21. The molecule has 21 heavy (non-hydrogen) atoms. The fourth-order valence-corrected chi connectivity index (χ4v) is 1.23. The Kier molecular flexibility index (Phi) is 17.1. The monoisotopic (exact) mass is 346 g/mol. The minimum Gasteiger partial charge on any atom is -0.390 e. The molecule has 7 nitrogen and oxygen atoms in total. The van der Waals surface area contributed by atoms with Crippen molar-refractivity contribution >= 4 is 25.3 Å². The Morgan fingerprint density at radius 1 is 0.667 bits per heavy atom. The maximum Gasteiger partial charge on any atom is 0.109 e.